The Morgan fingerprint density at radius 1 is 1.23 bits per heavy atom. The molecule has 1 amide bonds. The van der Waals surface area contributed by atoms with E-state index in [4.69, 9.17) is 0 Å². The second-order valence-electron chi connectivity index (χ2n) is 5.27. The van der Waals surface area contributed by atoms with Crippen molar-refractivity contribution < 1.29 is 4.79 Å². The molecule has 0 radical (unpaired) electrons. The molecule has 1 saturated heterocycles. The van der Waals surface area contributed by atoms with Crippen LogP contribution in [0.5, 0.6) is 0 Å². The van der Waals surface area contributed by atoms with Crippen molar-refractivity contribution in [1.29, 1.82) is 0 Å². The zero-order valence-electron chi connectivity index (χ0n) is 12.3. The predicted molar refractivity (Wildman–Crippen MR) is 84.2 cm³/mol. The molecule has 3 rings (SSSR count). The summed E-state index contributed by atoms with van der Waals surface area (Å²) in [6.45, 7) is 2.69. The Morgan fingerprint density at radius 3 is 2.86 bits per heavy atom. The molecule has 0 bridgehead atoms. The Balaban J connectivity index is 1.53. The SMILES string of the molecule is O=C(NNCc1ccnc(N2CCCC2)c1)c1cccnc1. The smallest absolute Gasteiger partial charge is 0.266 e. The highest BCUT2D eigenvalue weighted by Gasteiger charge is 2.13. The lowest BCUT2D eigenvalue weighted by molar-refractivity contribution is 0.0932. The Labute approximate surface area is 129 Å². The first kappa shape index (κ1) is 14.5. The minimum Gasteiger partial charge on any atom is -0.357 e. The molecule has 3 heterocycles. The zero-order valence-corrected chi connectivity index (χ0v) is 12.3. The van der Waals surface area contributed by atoms with Gasteiger partial charge in [0, 0.05) is 38.2 Å². The van der Waals surface area contributed by atoms with E-state index in [0.717, 1.165) is 24.5 Å². The van der Waals surface area contributed by atoms with Gasteiger partial charge in [0.05, 0.1) is 5.56 Å². The van der Waals surface area contributed by atoms with E-state index in [1.54, 1.807) is 18.3 Å². The number of rotatable bonds is 5. The van der Waals surface area contributed by atoms with Crippen molar-refractivity contribution in [2.45, 2.75) is 19.4 Å². The number of carbonyl (C=O) groups excluding carboxylic acids is 1. The van der Waals surface area contributed by atoms with Crippen LogP contribution in [0.3, 0.4) is 0 Å². The second kappa shape index (κ2) is 7.00. The highest BCUT2D eigenvalue weighted by atomic mass is 16.2. The van der Waals surface area contributed by atoms with Crippen LogP contribution in [0, 0.1) is 0 Å². The van der Waals surface area contributed by atoms with Gasteiger partial charge < -0.3 is 4.90 Å². The van der Waals surface area contributed by atoms with Gasteiger partial charge in [-0.3, -0.25) is 15.2 Å². The summed E-state index contributed by atoms with van der Waals surface area (Å²) in [7, 11) is 0. The number of hydrogen-bond acceptors (Lipinski definition) is 5. The molecule has 1 fully saturated rings. The largest absolute Gasteiger partial charge is 0.357 e. The van der Waals surface area contributed by atoms with Crippen LogP contribution in [0.4, 0.5) is 5.82 Å². The van der Waals surface area contributed by atoms with E-state index in [1.165, 1.54) is 19.0 Å². The average Bonchev–Trinajstić information content (AvgIpc) is 3.10. The highest BCUT2D eigenvalue weighted by Crippen LogP contribution is 2.18. The van der Waals surface area contributed by atoms with E-state index in [2.05, 4.69) is 31.8 Å². The molecule has 1 aliphatic rings. The summed E-state index contributed by atoms with van der Waals surface area (Å²) >= 11 is 0. The number of amides is 1. The van der Waals surface area contributed by atoms with Crippen molar-refractivity contribution in [3.8, 4) is 0 Å². The van der Waals surface area contributed by atoms with Crippen molar-refractivity contribution in [2.75, 3.05) is 18.0 Å². The van der Waals surface area contributed by atoms with E-state index in [9.17, 15) is 4.79 Å². The van der Waals surface area contributed by atoms with Gasteiger partial charge >= 0.3 is 0 Å². The fourth-order valence-electron chi connectivity index (χ4n) is 2.49. The summed E-state index contributed by atoms with van der Waals surface area (Å²) in [5, 5.41) is 0. The quantitative estimate of drug-likeness (QED) is 0.819. The number of hydrazine groups is 1. The molecule has 0 saturated carbocycles. The number of anilines is 1. The number of hydrogen-bond donors (Lipinski definition) is 2. The molecule has 114 valence electrons. The second-order valence-corrected chi connectivity index (χ2v) is 5.27. The maximum Gasteiger partial charge on any atom is 0.266 e. The molecule has 0 unspecified atom stereocenters. The number of nitrogens with zero attached hydrogens (tertiary/aromatic N) is 3. The molecule has 6 nitrogen and oxygen atoms in total. The fraction of sp³-hybridized carbons (Fsp3) is 0.312. The molecule has 2 N–H and O–H groups in total. The van der Waals surface area contributed by atoms with Crippen molar-refractivity contribution in [2.24, 2.45) is 0 Å². The standard InChI is InChI=1S/C16H19N5O/c22-16(14-4-3-6-17-12-14)20-19-11-13-5-7-18-15(10-13)21-8-1-2-9-21/h3-7,10,12,19H,1-2,8-9,11H2,(H,20,22). The maximum atomic E-state index is 11.9. The number of carbonyl (C=O) groups is 1. The molecular weight excluding hydrogens is 278 g/mol. The Kier molecular flexibility index (Phi) is 4.60. The summed E-state index contributed by atoms with van der Waals surface area (Å²) < 4.78 is 0. The van der Waals surface area contributed by atoms with Gasteiger partial charge in [-0.1, -0.05) is 0 Å². The summed E-state index contributed by atoms with van der Waals surface area (Å²) in [6.07, 6.45) is 7.44. The van der Waals surface area contributed by atoms with Crippen molar-refractivity contribution in [3.05, 3.63) is 54.0 Å². The summed E-state index contributed by atoms with van der Waals surface area (Å²) in [5.41, 5.74) is 7.23. The Hall–Kier alpha value is -2.47. The molecule has 1 aliphatic heterocycles. The molecular formula is C16H19N5O. The minimum atomic E-state index is -0.193. The number of nitrogens with one attached hydrogen (secondary N) is 2. The molecule has 0 aromatic carbocycles. The lowest BCUT2D eigenvalue weighted by atomic mass is 10.2. The average molecular weight is 297 g/mol. The van der Waals surface area contributed by atoms with Crippen LogP contribution < -0.4 is 15.8 Å². The summed E-state index contributed by atoms with van der Waals surface area (Å²) in [6, 6.07) is 7.47. The lowest BCUT2D eigenvalue weighted by Gasteiger charge is -2.17. The van der Waals surface area contributed by atoms with Gasteiger partial charge in [0.15, 0.2) is 0 Å². The van der Waals surface area contributed by atoms with Gasteiger partial charge in [-0.25, -0.2) is 10.4 Å². The highest BCUT2D eigenvalue weighted by molar-refractivity contribution is 5.93. The van der Waals surface area contributed by atoms with Crippen LogP contribution in [-0.2, 0) is 6.54 Å². The monoisotopic (exact) mass is 297 g/mol. The minimum absolute atomic E-state index is 0.193. The third-order valence-electron chi connectivity index (χ3n) is 3.66. The summed E-state index contributed by atoms with van der Waals surface area (Å²) in [5.74, 6) is 0.817. The molecule has 0 atom stereocenters. The number of pyridine rings is 2. The van der Waals surface area contributed by atoms with Crippen LogP contribution in [-0.4, -0.2) is 29.0 Å². The number of aromatic nitrogens is 2. The van der Waals surface area contributed by atoms with E-state index < -0.39 is 0 Å². The Bertz CT molecular complexity index is 625. The van der Waals surface area contributed by atoms with E-state index in [0.29, 0.717) is 12.1 Å². The van der Waals surface area contributed by atoms with E-state index >= 15 is 0 Å². The first-order chi connectivity index (χ1) is 10.8. The van der Waals surface area contributed by atoms with E-state index in [-0.39, 0.29) is 5.91 Å². The predicted octanol–water partition coefficient (Wildman–Crippen LogP) is 1.51. The first-order valence-electron chi connectivity index (χ1n) is 7.46. The third-order valence-corrected chi connectivity index (χ3v) is 3.66. The van der Waals surface area contributed by atoms with E-state index in [1.807, 2.05) is 12.3 Å². The van der Waals surface area contributed by atoms with Crippen molar-refractivity contribution in [3.63, 3.8) is 0 Å². The molecule has 22 heavy (non-hydrogen) atoms. The van der Waals surface area contributed by atoms with Gasteiger partial charge in [0.2, 0.25) is 0 Å². The van der Waals surface area contributed by atoms with Gasteiger partial charge in [-0.15, -0.1) is 0 Å². The van der Waals surface area contributed by atoms with Crippen LogP contribution in [0.15, 0.2) is 42.9 Å². The van der Waals surface area contributed by atoms with Gasteiger partial charge in [-0.05, 0) is 42.7 Å². The van der Waals surface area contributed by atoms with Gasteiger partial charge in [-0.2, -0.15) is 0 Å². The molecule has 2 aromatic heterocycles. The van der Waals surface area contributed by atoms with Crippen LogP contribution in [0.2, 0.25) is 0 Å². The normalized spacial score (nSPS) is 14.1. The Morgan fingerprint density at radius 2 is 2.09 bits per heavy atom. The first-order valence-corrected chi connectivity index (χ1v) is 7.46. The van der Waals surface area contributed by atoms with Gasteiger partial charge in [0.25, 0.3) is 5.91 Å². The molecule has 2 aromatic rings. The van der Waals surface area contributed by atoms with Crippen LogP contribution in [0.1, 0.15) is 28.8 Å². The van der Waals surface area contributed by atoms with Crippen LogP contribution in [0.25, 0.3) is 0 Å². The van der Waals surface area contributed by atoms with Gasteiger partial charge in [0.1, 0.15) is 5.82 Å². The fourth-order valence-corrected chi connectivity index (χ4v) is 2.49. The molecule has 0 aliphatic carbocycles. The zero-order chi connectivity index (χ0) is 15.2. The van der Waals surface area contributed by atoms with Crippen LogP contribution >= 0.6 is 0 Å². The summed E-state index contributed by atoms with van der Waals surface area (Å²) in [4.78, 5) is 22.5. The molecule has 6 heteroatoms. The molecule has 0 spiro atoms. The third kappa shape index (κ3) is 3.59. The lowest BCUT2D eigenvalue weighted by Crippen LogP contribution is -2.36. The van der Waals surface area contributed by atoms with Crippen molar-refractivity contribution in [1.82, 2.24) is 20.8 Å². The topological polar surface area (TPSA) is 70.2 Å². The maximum absolute atomic E-state index is 11.9. The van der Waals surface area contributed by atoms with Crippen molar-refractivity contribution >= 4 is 11.7 Å².